The number of anilines is 1. The molecule has 0 aromatic heterocycles. The zero-order valence-electron chi connectivity index (χ0n) is 11.0. The van der Waals surface area contributed by atoms with Gasteiger partial charge in [0.15, 0.2) is 5.11 Å². The summed E-state index contributed by atoms with van der Waals surface area (Å²) >= 11 is 5.12. The van der Waals surface area contributed by atoms with Crippen LogP contribution in [0.3, 0.4) is 0 Å². The number of hydrazone groups is 1. The lowest BCUT2D eigenvalue weighted by molar-refractivity contribution is 0.475. The molecular weight excluding hydrogens is 270 g/mol. The van der Waals surface area contributed by atoms with E-state index < -0.39 is 0 Å². The predicted molar refractivity (Wildman–Crippen MR) is 86.2 cm³/mol. The van der Waals surface area contributed by atoms with Gasteiger partial charge in [-0.2, -0.15) is 5.10 Å². The summed E-state index contributed by atoms with van der Waals surface area (Å²) in [6.45, 7) is 2.03. The maximum atomic E-state index is 9.32. The highest BCUT2D eigenvalue weighted by molar-refractivity contribution is 7.80. The third kappa shape index (κ3) is 4.37. The van der Waals surface area contributed by atoms with E-state index in [0.717, 1.165) is 11.3 Å². The van der Waals surface area contributed by atoms with Crippen LogP contribution in [0.15, 0.2) is 53.6 Å². The van der Waals surface area contributed by atoms with Gasteiger partial charge in [0.1, 0.15) is 5.75 Å². The van der Waals surface area contributed by atoms with E-state index in [2.05, 4.69) is 15.8 Å². The van der Waals surface area contributed by atoms with E-state index in [9.17, 15) is 5.11 Å². The highest BCUT2D eigenvalue weighted by Crippen LogP contribution is 2.09. The molecule has 0 unspecified atom stereocenters. The molecule has 2 aromatic carbocycles. The molecular formula is C15H15N3OS. The van der Waals surface area contributed by atoms with Crippen LogP contribution in [-0.2, 0) is 0 Å². The molecule has 4 nitrogen and oxygen atoms in total. The monoisotopic (exact) mass is 285 g/mol. The van der Waals surface area contributed by atoms with Crippen molar-refractivity contribution in [2.75, 3.05) is 5.32 Å². The largest absolute Gasteiger partial charge is 0.508 e. The van der Waals surface area contributed by atoms with Crippen LogP contribution in [0.2, 0.25) is 0 Å². The molecule has 0 spiro atoms. The minimum atomic E-state index is 0.203. The number of rotatable bonds is 3. The van der Waals surface area contributed by atoms with E-state index in [1.54, 1.807) is 24.4 Å². The fraction of sp³-hybridized carbons (Fsp3) is 0.0667. The number of phenols is 1. The highest BCUT2D eigenvalue weighted by atomic mass is 32.1. The Morgan fingerprint density at radius 1 is 1.20 bits per heavy atom. The molecule has 0 aliphatic heterocycles. The first-order chi connectivity index (χ1) is 9.63. The number of aryl methyl sites for hydroxylation is 1. The van der Waals surface area contributed by atoms with Gasteiger partial charge in [-0.15, -0.1) is 0 Å². The molecule has 2 aromatic rings. The normalized spacial score (nSPS) is 10.4. The van der Waals surface area contributed by atoms with Crippen LogP contribution >= 0.6 is 12.2 Å². The third-order valence-electron chi connectivity index (χ3n) is 2.56. The van der Waals surface area contributed by atoms with Crippen LogP contribution in [0.4, 0.5) is 5.69 Å². The fourth-order valence-corrected chi connectivity index (χ4v) is 1.74. The third-order valence-corrected chi connectivity index (χ3v) is 2.75. The first kappa shape index (κ1) is 14.0. The summed E-state index contributed by atoms with van der Waals surface area (Å²) in [5.74, 6) is 0.203. The molecule has 5 heteroatoms. The van der Waals surface area contributed by atoms with Crippen LogP contribution in [-0.4, -0.2) is 16.4 Å². The van der Waals surface area contributed by atoms with Gasteiger partial charge in [-0.05, 0) is 49.0 Å². The van der Waals surface area contributed by atoms with Gasteiger partial charge in [0.2, 0.25) is 0 Å². The number of nitrogens with zero attached hydrogens (tertiary/aromatic N) is 1. The van der Waals surface area contributed by atoms with Gasteiger partial charge < -0.3 is 10.4 Å². The van der Waals surface area contributed by atoms with Gasteiger partial charge in [-0.1, -0.05) is 29.8 Å². The summed E-state index contributed by atoms with van der Waals surface area (Å²) in [5.41, 5.74) is 5.60. The molecule has 102 valence electrons. The topological polar surface area (TPSA) is 56.7 Å². The van der Waals surface area contributed by atoms with E-state index in [1.807, 2.05) is 37.3 Å². The van der Waals surface area contributed by atoms with Crippen LogP contribution in [0, 0.1) is 6.92 Å². The zero-order chi connectivity index (χ0) is 14.4. The number of nitrogens with one attached hydrogen (secondary N) is 2. The van der Waals surface area contributed by atoms with E-state index in [-0.39, 0.29) is 5.75 Å². The van der Waals surface area contributed by atoms with Crippen LogP contribution in [0.25, 0.3) is 0 Å². The molecule has 0 atom stereocenters. The lowest BCUT2D eigenvalue weighted by Crippen LogP contribution is -2.23. The number of benzene rings is 2. The van der Waals surface area contributed by atoms with E-state index in [4.69, 9.17) is 12.2 Å². The van der Waals surface area contributed by atoms with Crippen molar-refractivity contribution in [3.8, 4) is 5.75 Å². The summed E-state index contributed by atoms with van der Waals surface area (Å²) in [7, 11) is 0. The molecule has 0 fully saturated rings. The Labute approximate surface area is 123 Å². The quantitative estimate of drug-likeness (QED) is 0.461. The van der Waals surface area contributed by atoms with Gasteiger partial charge >= 0.3 is 0 Å². The standard InChI is InChI=1S/C15H15N3OS/c1-11-5-7-13(8-6-11)17-15(20)18-16-10-12-3-2-4-14(19)9-12/h2-10,19H,1H3,(H2,17,18,20). The van der Waals surface area contributed by atoms with Crippen molar-refractivity contribution in [1.29, 1.82) is 0 Å². The Morgan fingerprint density at radius 3 is 2.65 bits per heavy atom. The molecule has 0 aliphatic carbocycles. The summed E-state index contributed by atoms with van der Waals surface area (Å²) < 4.78 is 0. The molecule has 0 saturated carbocycles. The second-order valence-electron chi connectivity index (χ2n) is 4.29. The molecule has 0 radical (unpaired) electrons. The summed E-state index contributed by atoms with van der Waals surface area (Å²) in [6.07, 6.45) is 1.59. The Balaban J connectivity index is 1.87. The SMILES string of the molecule is Cc1ccc(NC(=S)NN=Cc2cccc(O)c2)cc1. The molecule has 2 rings (SSSR count). The fourth-order valence-electron chi connectivity index (χ4n) is 1.57. The first-order valence-electron chi connectivity index (χ1n) is 6.09. The Hall–Kier alpha value is -2.40. The maximum Gasteiger partial charge on any atom is 0.191 e. The molecule has 0 aliphatic rings. The molecule has 0 saturated heterocycles. The zero-order valence-corrected chi connectivity index (χ0v) is 11.8. The average molecular weight is 285 g/mol. The van der Waals surface area contributed by atoms with E-state index in [1.165, 1.54) is 5.56 Å². The minimum Gasteiger partial charge on any atom is -0.508 e. The molecule has 0 amide bonds. The van der Waals surface area contributed by atoms with Gasteiger partial charge in [0.25, 0.3) is 0 Å². The number of hydrogen-bond acceptors (Lipinski definition) is 3. The van der Waals surface area contributed by atoms with Gasteiger partial charge in [0, 0.05) is 5.69 Å². The smallest absolute Gasteiger partial charge is 0.191 e. The molecule has 0 heterocycles. The van der Waals surface area contributed by atoms with Crippen molar-refractivity contribution in [3.05, 3.63) is 59.7 Å². The van der Waals surface area contributed by atoms with Gasteiger partial charge in [-0.25, -0.2) is 0 Å². The van der Waals surface area contributed by atoms with Crippen molar-refractivity contribution < 1.29 is 5.11 Å². The molecule has 20 heavy (non-hydrogen) atoms. The Bertz CT molecular complexity index is 623. The van der Waals surface area contributed by atoms with Crippen molar-refractivity contribution in [1.82, 2.24) is 5.43 Å². The lowest BCUT2D eigenvalue weighted by atomic mass is 10.2. The number of aromatic hydroxyl groups is 1. The summed E-state index contributed by atoms with van der Waals surface area (Å²) in [4.78, 5) is 0. The second kappa shape index (κ2) is 6.68. The van der Waals surface area contributed by atoms with Crippen molar-refractivity contribution in [3.63, 3.8) is 0 Å². The summed E-state index contributed by atoms with van der Waals surface area (Å²) in [5, 5.41) is 16.8. The van der Waals surface area contributed by atoms with E-state index in [0.29, 0.717) is 5.11 Å². The first-order valence-corrected chi connectivity index (χ1v) is 6.50. The number of hydrogen-bond donors (Lipinski definition) is 3. The van der Waals surface area contributed by atoms with Gasteiger partial charge in [-0.3, -0.25) is 5.43 Å². The van der Waals surface area contributed by atoms with Crippen LogP contribution in [0.1, 0.15) is 11.1 Å². The van der Waals surface area contributed by atoms with Crippen molar-refractivity contribution >= 4 is 29.2 Å². The average Bonchev–Trinajstić information content (AvgIpc) is 2.41. The van der Waals surface area contributed by atoms with Crippen molar-refractivity contribution in [2.45, 2.75) is 6.92 Å². The number of thiocarbonyl (C=S) groups is 1. The molecule has 0 bridgehead atoms. The minimum absolute atomic E-state index is 0.203. The second-order valence-corrected chi connectivity index (χ2v) is 4.69. The lowest BCUT2D eigenvalue weighted by Gasteiger charge is -2.06. The van der Waals surface area contributed by atoms with Crippen molar-refractivity contribution in [2.24, 2.45) is 5.10 Å². The van der Waals surface area contributed by atoms with Crippen LogP contribution < -0.4 is 10.7 Å². The summed E-state index contributed by atoms with van der Waals surface area (Å²) in [6, 6.07) is 14.7. The predicted octanol–water partition coefficient (Wildman–Crippen LogP) is 3.02. The highest BCUT2D eigenvalue weighted by Gasteiger charge is 1.95. The van der Waals surface area contributed by atoms with Crippen LogP contribution in [0.5, 0.6) is 5.75 Å². The Morgan fingerprint density at radius 2 is 1.95 bits per heavy atom. The maximum absolute atomic E-state index is 9.32. The molecule has 3 N–H and O–H groups in total. The van der Waals surface area contributed by atoms with E-state index >= 15 is 0 Å². The van der Waals surface area contributed by atoms with Gasteiger partial charge in [0.05, 0.1) is 6.21 Å². The number of phenolic OH excluding ortho intramolecular Hbond substituents is 1. The Kier molecular flexibility index (Phi) is 4.68.